The normalized spacial score (nSPS) is 13.7. The quantitative estimate of drug-likeness (QED) is 0.835. The van der Waals surface area contributed by atoms with Crippen molar-refractivity contribution in [1.29, 1.82) is 0 Å². The van der Waals surface area contributed by atoms with E-state index < -0.39 is 0 Å². The van der Waals surface area contributed by atoms with E-state index in [-0.39, 0.29) is 24.5 Å². The van der Waals surface area contributed by atoms with Gasteiger partial charge in [0.25, 0.3) is 0 Å². The number of hydrogen-bond donors (Lipinski definition) is 2. The van der Waals surface area contributed by atoms with Crippen molar-refractivity contribution in [2.75, 3.05) is 11.9 Å². The van der Waals surface area contributed by atoms with Crippen LogP contribution in [0.3, 0.4) is 0 Å². The fourth-order valence-corrected chi connectivity index (χ4v) is 1.82. The maximum Gasteiger partial charge on any atom is 0.238 e. The van der Waals surface area contributed by atoms with Crippen molar-refractivity contribution in [2.45, 2.75) is 25.9 Å². The topological polar surface area (TPSA) is 71.8 Å². The molecule has 0 aliphatic heterocycles. The molecule has 0 bridgehead atoms. The van der Waals surface area contributed by atoms with Gasteiger partial charge < -0.3 is 10.6 Å². The highest BCUT2D eigenvalue weighted by atomic mass is 16.1. The van der Waals surface area contributed by atoms with Crippen molar-refractivity contribution in [3.63, 3.8) is 0 Å². The van der Waals surface area contributed by atoms with Gasteiger partial charge in [-0.25, -0.2) is 0 Å². The largest absolute Gasteiger partial charge is 0.325 e. The number of aromatic nitrogens is 3. The lowest BCUT2D eigenvalue weighted by Gasteiger charge is -2.21. The number of rotatable bonds is 6. The van der Waals surface area contributed by atoms with E-state index in [1.165, 1.54) is 0 Å². The Morgan fingerprint density at radius 2 is 2.05 bits per heavy atom. The lowest BCUT2D eigenvalue weighted by atomic mass is 10.2. The molecule has 0 saturated heterocycles. The molecule has 0 radical (unpaired) electrons. The third kappa shape index (κ3) is 3.89. The molecule has 0 spiro atoms. The van der Waals surface area contributed by atoms with Crippen molar-refractivity contribution in [1.82, 2.24) is 20.1 Å². The maximum absolute atomic E-state index is 11.8. The fraction of sp³-hybridized carbons (Fsp3) is 0.357. The molecular formula is C14H19N5O. The van der Waals surface area contributed by atoms with Crippen molar-refractivity contribution >= 4 is 11.6 Å². The monoisotopic (exact) mass is 273 g/mol. The first kappa shape index (κ1) is 14.2. The molecule has 0 saturated carbocycles. The molecule has 20 heavy (non-hydrogen) atoms. The summed E-state index contributed by atoms with van der Waals surface area (Å²) in [6, 6.07) is 5.72. The number of nitrogens with zero attached hydrogens (tertiary/aromatic N) is 3. The standard InChI is InChI=1S/C14H19N5O/c1-11(12(2)19-9-3-6-17-19)16-10-14(20)18-13-4-7-15-8-5-13/h3-9,11-12,16H,10H2,1-2H3,(H,15,18,20)/t11-,12+/m0/s1. The van der Waals surface area contributed by atoms with Gasteiger partial charge in [-0.05, 0) is 32.0 Å². The van der Waals surface area contributed by atoms with E-state index >= 15 is 0 Å². The van der Waals surface area contributed by atoms with Crippen LogP contribution in [0.1, 0.15) is 19.9 Å². The molecule has 2 rings (SSSR count). The smallest absolute Gasteiger partial charge is 0.238 e. The van der Waals surface area contributed by atoms with Crippen molar-refractivity contribution < 1.29 is 4.79 Å². The van der Waals surface area contributed by atoms with Crippen molar-refractivity contribution in [3.8, 4) is 0 Å². The fourth-order valence-electron chi connectivity index (χ4n) is 1.82. The van der Waals surface area contributed by atoms with Gasteiger partial charge in [0.1, 0.15) is 0 Å². The first-order valence-corrected chi connectivity index (χ1v) is 6.59. The van der Waals surface area contributed by atoms with Crippen LogP contribution >= 0.6 is 0 Å². The van der Waals surface area contributed by atoms with Crippen LogP contribution in [0.25, 0.3) is 0 Å². The second-order valence-corrected chi connectivity index (χ2v) is 4.68. The second-order valence-electron chi connectivity index (χ2n) is 4.68. The Bertz CT molecular complexity index is 526. The van der Waals surface area contributed by atoms with Crippen molar-refractivity contribution in [3.05, 3.63) is 43.0 Å². The van der Waals surface area contributed by atoms with Crippen molar-refractivity contribution in [2.24, 2.45) is 0 Å². The second kappa shape index (κ2) is 6.81. The number of carbonyl (C=O) groups is 1. The third-order valence-electron chi connectivity index (χ3n) is 3.21. The Kier molecular flexibility index (Phi) is 4.84. The molecule has 2 N–H and O–H groups in total. The zero-order valence-corrected chi connectivity index (χ0v) is 11.7. The van der Waals surface area contributed by atoms with Gasteiger partial charge >= 0.3 is 0 Å². The first-order valence-electron chi connectivity index (χ1n) is 6.59. The lowest BCUT2D eigenvalue weighted by molar-refractivity contribution is -0.115. The molecule has 2 aromatic rings. The molecule has 0 unspecified atom stereocenters. The predicted octanol–water partition coefficient (Wildman–Crippen LogP) is 1.46. The number of anilines is 1. The predicted molar refractivity (Wildman–Crippen MR) is 77.3 cm³/mol. The summed E-state index contributed by atoms with van der Waals surface area (Å²) in [5.41, 5.74) is 0.750. The molecule has 0 aromatic carbocycles. The van der Waals surface area contributed by atoms with Crippen LogP contribution in [0.15, 0.2) is 43.0 Å². The molecule has 1 amide bonds. The molecule has 2 aromatic heterocycles. The Hall–Kier alpha value is -2.21. The van der Waals surface area contributed by atoms with Gasteiger partial charge in [-0.1, -0.05) is 0 Å². The lowest BCUT2D eigenvalue weighted by Crippen LogP contribution is -2.39. The summed E-state index contributed by atoms with van der Waals surface area (Å²) >= 11 is 0. The molecule has 6 heteroatoms. The number of hydrogen-bond acceptors (Lipinski definition) is 4. The minimum atomic E-state index is -0.0734. The van der Waals surface area contributed by atoms with E-state index in [0.29, 0.717) is 0 Å². The van der Waals surface area contributed by atoms with Crippen LogP contribution in [0.2, 0.25) is 0 Å². The number of carbonyl (C=O) groups excluding carboxylic acids is 1. The summed E-state index contributed by atoms with van der Waals surface area (Å²) < 4.78 is 1.87. The van der Waals surface area contributed by atoms with E-state index in [9.17, 15) is 4.79 Å². The number of nitrogens with one attached hydrogen (secondary N) is 2. The highest BCUT2D eigenvalue weighted by Gasteiger charge is 2.14. The zero-order chi connectivity index (χ0) is 14.4. The number of pyridine rings is 1. The summed E-state index contributed by atoms with van der Waals surface area (Å²) in [6.07, 6.45) is 6.95. The summed E-state index contributed by atoms with van der Waals surface area (Å²) in [5, 5.41) is 10.2. The summed E-state index contributed by atoms with van der Waals surface area (Å²) in [6.45, 7) is 4.35. The van der Waals surface area contributed by atoms with E-state index in [1.807, 2.05) is 23.9 Å². The molecule has 2 atom stereocenters. The summed E-state index contributed by atoms with van der Waals surface area (Å²) in [5.74, 6) is -0.0734. The molecule has 0 aliphatic rings. The van der Waals surface area contributed by atoms with E-state index in [2.05, 4.69) is 27.6 Å². The molecular weight excluding hydrogens is 254 g/mol. The van der Waals surface area contributed by atoms with Crippen LogP contribution in [0.4, 0.5) is 5.69 Å². The van der Waals surface area contributed by atoms with Crippen LogP contribution in [0, 0.1) is 0 Å². The first-order chi connectivity index (χ1) is 9.66. The SMILES string of the molecule is C[C@H](NCC(=O)Nc1ccncc1)[C@@H](C)n1cccn1. The van der Waals surface area contributed by atoms with Gasteiger partial charge in [-0.2, -0.15) is 5.10 Å². The minimum Gasteiger partial charge on any atom is -0.325 e. The molecule has 0 aliphatic carbocycles. The van der Waals surface area contributed by atoms with E-state index in [1.54, 1.807) is 30.7 Å². The average Bonchev–Trinajstić information content (AvgIpc) is 2.99. The van der Waals surface area contributed by atoms with Gasteiger partial charge in [0.2, 0.25) is 5.91 Å². The molecule has 6 nitrogen and oxygen atoms in total. The van der Waals surface area contributed by atoms with Crippen LogP contribution < -0.4 is 10.6 Å². The van der Waals surface area contributed by atoms with Gasteiger partial charge in [-0.15, -0.1) is 0 Å². The van der Waals surface area contributed by atoms with E-state index in [4.69, 9.17) is 0 Å². The Balaban J connectivity index is 1.78. The molecule has 2 heterocycles. The zero-order valence-electron chi connectivity index (χ0n) is 11.7. The minimum absolute atomic E-state index is 0.0734. The molecule has 0 fully saturated rings. The average molecular weight is 273 g/mol. The van der Waals surface area contributed by atoms with Gasteiger partial charge in [0.15, 0.2) is 0 Å². The van der Waals surface area contributed by atoms with Crippen LogP contribution in [0.5, 0.6) is 0 Å². The van der Waals surface area contributed by atoms with E-state index in [0.717, 1.165) is 5.69 Å². The number of amides is 1. The van der Waals surface area contributed by atoms with Gasteiger partial charge in [0.05, 0.1) is 12.6 Å². The maximum atomic E-state index is 11.8. The van der Waals surface area contributed by atoms with Crippen LogP contribution in [-0.4, -0.2) is 33.3 Å². The highest BCUT2D eigenvalue weighted by molar-refractivity contribution is 5.92. The third-order valence-corrected chi connectivity index (χ3v) is 3.21. The Labute approximate surface area is 118 Å². The Morgan fingerprint density at radius 3 is 2.70 bits per heavy atom. The summed E-state index contributed by atoms with van der Waals surface area (Å²) in [4.78, 5) is 15.7. The summed E-state index contributed by atoms with van der Waals surface area (Å²) in [7, 11) is 0. The Morgan fingerprint density at radius 1 is 1.30 bits per heavy atom. The van der Waals surface area contributed by atoms with Gasteiger partial charge in [0, 0.05) is 36.5 Å². The molecule has 106 valence electrons. The highest BCUT2D eigenvalue weighted by Crippen LogP contribution is 2.08. The van der Waals surface area contributed by atoms with Gasteiger partial charge in [-0.3, -0.25) is 14.5 Å². The van der Waals surface area contributed by atoms with Crippen LogP contribution in [-0.2, 0) is 4.79 Å².